The number of benzene rings is 1. The van der Waals surface area contributed by atoms with E-state index in [-0.39, 0.29) is 17.7 Å². The molecule has 0 bridgehead atoms. The minimum absolute atomic E-state index is 0.0441. The molecule has 0 fully saturated rings. The van der Waals surface area contributed by atoms with Crippen molar-refractivity contribution in [2.45, 2.75) is 19.4 Å². The Labute approximate surface area is 121 Å². The van der Waals surface area contributed by atoms with Crippen molar-refractivity contribution >= 4 is 37.4 Å². The molecule has 1 rings (SSSR count). The van der Waals surface area contributed by atoms with E-state index in [4.69, 9.17) is 5.73 Å². The largest absolute Gasteiger partial charge is 0.398 e. The van der Waals surface area contributed by atoms with Gasteiger partial charge in [0.15, 0.2) is 0 Å². The predicted molar refractivity (Wildman–Crippen MR) is 79.8 cm³/mol. The third-order valence-electron chi connectivity index (χ3n) is 2.56. The van der Waals surface area contributed by atoms with E-state index in [9.17, 15) is 13.2 Å². The second-order valence-corrected chi connectivity index (χ2v) is 7.70. The summed E-state index contributed by atoms with van der Waals surface area (Å²) in [6.45, 7) is 1.76. The maximum absolute atomic E-state index is 12.0. The number of hydrogen-bond acceptors (Lipinski definition) is 4. The lowest BCUT2D eigenvalue weighted by molar-refractivity contribution is 0.0940. The zero-order valence-electron chi connectivity index (χ0n) is 10.8. The Kier molecular flexibility index (Phi) is 5.37. The van der Waals surface area contributed by atoms with Crippen molar-refractivity contribution in [2.75, 3.05) is 17.7 Å². The average Bonchev–Trinajstić information content (AvgIpc) is 2.28. The minimum atomic E-state index is -3.02. The van der Waals surface area contributed by atoms with Crippen LogP contribution in [0, 0.1) is 0 Å². The Morgan fingerprint density at radius 3 is 2.68 bits per heavy atom. The van der Waals surface area contributed by atoms with Crippen LogP contribution in [0.5, 0.6) is 0 Å². The highest BCUT2D eigenvalue weighted by molar-refractivity contribution is 9.10. The number of sulfone groups is 1. The molecule has 0 aliphatic carbocycles. The second-order valence-electron chi connectivity index (χ2n) is 4.52. The fourth-order valence-corrected chi connectivity index (χ4v) is 2.63. The molecule has 0 aliphatic heterocycles. The van der Waals surface area contributed by atoms with E-state index < -0.39 is 9.84 Å². The molecule has 7 heteroatoms. The smallest absolute Gasteiger partial charge is 0.253 e. The van der Waals surface area contributed by atoms with Crippen molar-refractivity contribution < 1.29 is 13.2 Å². The van der Waals surface area contributed by atoms with Crippen molar-refractivity contribution in [3.05, 3.63) is 28.2 Å². The molecular formula is C12H17BrN2O3S. The van der Waals surface area contributed by atoms with Gasteiger partial charge in [-0.3, -0.25) is 4.79 Å². The number of amides is 1. The van der Waals surface area contributed by atoms with Crippen LogP contribution >= 0.6 is 15.9 Å². The molecule has 0 aromatic heterocycles. The maximum Gasteiger partial charge on any atom is 0.253 e. The van der Waals surface area contributed by atoms with Gasteiger partial charge < -0.3 is 11.1 Å². The number of nitrogens with two attached hydrogens (primary N) is 1. The van der Waals surface area contributed by atoms with Crippen LogP contribution in [-0.4, -0.2) is 32.4 Å². The summed E-state index contributed by atoms with van der Waals surface area (Å²) in [6, 6.07) is 4.79. The third-order valence-corrected chi connectivity index (χ3v) is 4.03. The first-order valence-electron chi connectivity index (χ1n) is 5.72. The summed E-state index contributed by atoms with van der Waals surface area (Å²) >= 11 is 3.27. The van der Waals surface area contributed by atoms with Crippen LogP contribution in [0.1, 0.15) is 23.7 Å². The number of rotatable bonds is 5. The molecular weight excluding hydrogens is 332 g/mol. The number of halogens is 1. The van der Waals surface area contributed by atoms with Gasteiger partial charge in [-0.25, -0.2) is 8.42 Å². The molecule has 0 spiro atoms. The quantitative estimate of drug-likeness (QED) is 0.790. The fourth-order valence-electron chi connectivity index (χ4n) is 1.49. The van der Waals surface area contributed by atoms with Gasteiger partial charge in [-0.1, -0.05) is 15.9 Å². The summed E-state index contributed by atoms with van der Waals surface area (Å²) in [5, 5.41) is 2.73. The van der Waals surface area contributed by atoms with E-state index in [1.54, 1.807) is 25.1 Å². The van der Waals surface area contributed by atoms with Gasteiger partial charge in [-0.15, -0.1) is 0 Å². The Hall–Kier alpha value is -1.08. The monoisotopic (exact) mass is 348 g/mol. The highest BCUT2D eigenvalue weighted by Crippen LogP contribution is 2.18. The van der Waals surface area contributed by atoms with Gasteiger partial charge in [0.05, 0.1) is 11.3 Å². The second kappa shape index (κ2) is 6.38. The molecule has 0 aliphatic rings. The van der Waals surface area contributed by atoms with Gasteiger partial charge >= 0.3 is 0 Å². The van der Waals surface area contributed by atoms with Gasteiger partial charge in [0, 0.05) is 22.5 Å². The van der Waals surface area contributed by atoms with E-state index >= 15 is 0 Å². The molecule has 0 saturated heterocycles. The van der Waals surface area contributed by atoms with Crippen molar-refractivity contribution in [3.63, 3.8) is 0 Å². The fraction of sp³-hybridized carbons (Fsp3) is 0.417. The molecule has 1 atom stereocenters. The minimum Gasteiger partial charge on any atom is -0.398 e. The lowest BCUT2D eigenvalue weighted by Gasteiger charge is -2.14. The average molecular weight is 349 g/mol. The Bertz CT molecular complexity index is 572. The highest BCUT2D eigenvalue weighted by Gasteiger charge is 2.14. The van der Waals surface area contributed by atoms with E-state index in [0.29, 0.717) is 17.7 Å². The number of hydrogen-bond donors (Lipinski definition) is 2. The zero-order valence-corrected chi connectivity index (χ0v) is 13.2. The van der Waals surface area contributed by atoms with Gasteiger partial charge in [-0.05, 0) is 31.5 Å². The van der Waals surface area contributed by atoms with Crippen LogP contribution in [0.4, 0.5) is 5.69 Å². The lowest BCUT2D eigenvalue weighted by atomic mass is 10.1. The van der Waals surface area contributed by atoms with E-state index in [0.717, 1.165) is 4.47 Å². The summed E-state index contributed by atoms with van der Waals surface area (Å²) in [6.07, 6.45) is 1.55. The van der Waals surface area contributed by atoms with E-state index in [2.05, 4.69) is 21.2 Å². The predicted octanol–water partition coefficient (Wildman–Crippen LogP) is 1.58. The molecule has 106 valence electrons. The molecule has 1 aromatic rings. The SMILES string of the molecule is C[C@H](CCS(C)(=O)=O)NC(=O)c1cc(Br)ccc1N. The van der Waals surface area contributed by atoms with Crippen molar-refractivity contribution in [1.29, 1.82) is 0 Å². The standard InChI is InChI=1S/C12H17BrN2O3S/c1-8(5-6-19(2,17)18)15-12(16)10-7-9(13)3-4-11(10)14/h3-4,7-8H,5-6,14H2,1-2H3,(H,15,16)/t8-/m1/s1. The van der Waals surface area contributed by atoms with Crippen LogP contribution in [0.25, 0.3) is 0 Å². The molecule has 0 unspecified atom stereocenters. The topological polar surface area (TPSA) is 89.3 Å². The van der Waals surface area contributed by atoms with Crippen molar-refractivity contribution in [1.82, 2.24) is 5.32 Å². The Balaban J connectivity index is 2.66. The van der Waals surface area contributed by atoms with E-state index in [1.807, 2.05) is 0 Å². The molecule has 1 aromatic carbocycles. The third kappa shape index (κ3) is 5.61. The number of anilines is 1. The summed E-state index contributed by atoms with van der Waals surface area (Å²) in [5.74, 6) is -0.262. The van der Waals surface area contributed by atoms with E-state index in [1.165, 1.54) is 6.26 Å². The highest BCUT2D eigenvalue weighted by atomic mass is 79.9. The first-order valence-corrected chi connectivity index (χ1v) is 8.58. The molecule has 3 N–H and O–H groups in total. The number of carbonyl (C=O) groups excluding carboxylic acids is 1. The summed E-state index contributed by atoms with van der Waals surface area (Å²) in [5.41, 5.74) is 6.49. The number of nitrogens with one attached hydrogen (secondary N) is 1. The molecule has 0 saturated carbocycles. The van der Waals surface area contributed by atoms with Crippen LogP contribution < -0.4 is 11.1 Å². The summed E-state index contributed by atoms with van der Waals surface area (Å²) in [7, 11) is -3.02. The molecule has 19 heavy (non-hydrogen) atoms. The molecule has 1 amide bonds. The van der Waals surface area contributed by atoms with Gasteiger partial charge in [-0.2, -0.15) is 0 Å². The Morgan fingerprint density at radius 2 is 2.11 bits per heavy atom. The molecule has 0 heterocycles. The van der Waals surface area contributed by atoms with Crippen molar-refractivity contribution in [2.24, 2.45) is 0 Å². The van der Waals surface area contributed by atoms with Crippen LogP contribution in [0.15, 0.2) is 22.7 Å². The maximum atomic E-state index is 12.0. The summed E-state index contributed by atoms with van der Waals surface area (Å²) < 4.78 is 22.9. The van der Waals surface area contributed by atoms with Crippen LogP contribution in [0.3, 0.4) is 0 Å². The van der Waals surface area contributed by atoms with Crippen molar-refractivity contribution in [3.8, 4) is 0 Å². The van der Waals surface area contributed by atoms with Crippen LogP contribution in [-0.2, 0) is 9.84 Å². The van der Waals surface area contributed by atoms with Gasteiger partial charge in [0.1, 0.15) is 9.84 Å². The number of nitrogen functional groups attached to an aromatic ring is 1. The first-order chi connectivity index (χ1) is 8.69. The van der Waals surface area contributed by atoms with Crippen LogP contribution in [0.2, 0.25) is 0 Å². The lowest BCUT2D eigenvalue weighted by Crippen LogP contribution is -2.34. The first kappa shape index (κ1) is 16.0. The Morgan fingerprint density at radius 1 is 1.47 bits per heavy atom. The number of carbonyl (C=O) groups is 1. The van der Waals surface area contributed by atoms with Gasteiger partial charge in [0.2, 0.25) is 0 Å². The van der Waals surface area contributed by atoms with Gasteiger partial charge in [0.25, 0.3) is 5.91 Å². The summed E-state index contributed by atoms with van der Waals surface area (Å²) in [4.78, 5) is 12.0. The zero-order chi connectivity index (χ0) is 14.6. The molecule has 5 nitrogen and oxygen atoms in total. The normalized spacial score (nSPS) is 13.0. The molecule has 0 radical (unpaired) electrons.